The number of hydrogen-bond donors (Lipinski definition) is 1. The molecular weight excluding hydrogens is 266 g/mol. The fourth-order valence-corrected chi connectivity index (χ4v) is 2.34. The maximum Gasteiger partial charge on any atom is 0.201 e. The number of aryl methyl sites for hydroxylation is 2. The highest BCUT2D eigenvalue weighted by molar-refractivity contribution is 5.84. The molecule has 3 rings (SSSR count). The summed E-state index contributed by atoms with van der Waals surface area (Å²) in [6.07, 6.45) is 4.67. The van der Waals surface area contributed by atoms with Gasteiger partial charge in [-0.25, -0.2) is 4.98 Å². The summed E-state index contributed by atoms with van der Waals surface area (Å²) >= 11 is 0. The number of aromatic nitrogens is 4. The lowest BCUT2D eigenvalue weighted by atomic mass is 10.3. The van der Waals surface area contributed by atoms with Crippen LogP contribution in [0, 0.1) is 0 Å². The second-order valence-corrected chi connectivity index (χ2v) is 4.86. The van der Waals surface area contributed by atoms with Crippen LogP contribution < -0.4 is 10.5 Å². The summed E-state index contributed by atoms with van der Waals surface area (Å²) in [5.74, 6) is 1.29. The van der Waals surface area contributed by atoms with Gasteiger partial charge in [-0.1, -0.05) is 13.0 Å². The third-order valence-electron chi connectivity index (χ3n) is 3.34. The molecule has 2 aromatic heterocycles. The minimum absolute atomic E-state index is 0.504. The Kier molecular flexibility index (Phi) is 3.77. The number of imidazole rings is 1. The van der Waals surface area contributed by atoms with E-state index in [9.17, 15) is 0 Å². The smallest absolute Gasteiger partial charge is 0.201 e. The Morgan fingerprint density at radius 3 is 2.90 bits per heavy atom. The second kappa shape index (κ2) is 5.87. The molecule has 0 aliphatic rings. The Morgan fingerprint density at radius 1 is 1.24 bits per heavy atom. The largest absolute Gasteiger partial charge is 0.491 e. The van der Waals surface area contributed by atoms with E-state index in [4.69, 9.17) is 10.5 Å². The quantitative estimate of drug-likeness (QED) is 0.754. The van der Waals surface area contributed by atoms with E-state index in [2.05, 4.69) is 17.0 Å². The standard InChI is InChI=1S/C15H19N5O/c1-2-11-21-13-6-3-5-12-14(13)18-15(16)20(12)10-9-19-8-4-7-17-19/h3-8H,2,9-11H2,1H3,(H2,16,18). The summed E-state index contributed by atoms with van der Waals surface area (Å²) in [7, 11) is 0. The summed E-state index contributed by atoms with van der Waals surface area (Å²) in [5.41, 5.74) is 7.87. The number of nitrogens with two attached hydrogens (primary N) is 1. The second-order valence-electron chi connectivity index (χ2n) is 4.86. The van der Waals surface area contributed by atoms with Crippen molar-refractivity contribution in [2.45, 2.75) is 26.4 Å². The molecule has 0 aliphatic heterocycles. The molecule has 0 spiro atoms. The van der Waals surface area contributed by atoms with E-state index in [-0.39, 0.29) is 0 Å². The van der Waals surface area contributed by atoms with Crippen LogP contribution >= 0.6 is 0 Å². The first-order chi connectivity index (χ1) is 10.3. The van der Waals surface area contributed by atoms with Crippen LogP contribution in [0.1, 0.15) is 13.3 Å². The third-order valence-corrected chi connectivity index (χ3v) is 3.34. The van der Waals surface area contributed by atoms with Gasteiger partial charge in [-0.2, -0.15) is 5.10 Å². The summed E-state index contributed by atoms with van der Waals surface area (Å²) in [6, 6.07) is 7.83. The first kappa shape index (κ1) is 13.5. The molecule has 2 N–H and O–H groups in total. The molecular formula is C15H19N5O. The third kappa shape index (κ3) is 2.69. The van der Waals surface area contributed by atoms with Crippen molar-refractivity contribution in [3.05, 3.63) is 36.7 Å². The van der Waals surface area contributed by atoms with Gasteiger partial charge < -0.3 is 15.0 Å². The van der Waals surface area contributed by atoms with E-state index in [1.807, 2.05) is 39.7 Å². The van der Waals surface area contributed by atoms with Crippen LogP contribution in [0.2, 0.25) is 0 Å². The molecule has 6 heteroatoms. The molecule has 2 heterocycles. The van der Waals surface area contributed by atoms with Gasteiger partial charge in [0.05, 0.1) is 18.7 Å². The van der Waals surface area contributed by atoms with E-state index < -0.39 is 0 Å². The lowest BCUT2D eigenvalue weighted by Gasteiger charge is -2.08. The van der Waals surface area contributed by atoms with Gasteiger partial charge >= 0.3 is 0 Å². The summed E-state index contributed by atoms with van der Waals surface area (Å²) < 4.78 is 9.61. The number of ether oxygens (including phenoxy) is 1. The maximum absolute atomic E-state index is 6.06. The lowest BCUT2D eigenvalue weighted by Crippen LogP contribution is -2.10. The number of anilines is 1. The fraction of sp³-hybridized carbons (Fsp3) is 0.333. The highest BCUT2D eigenvalue weighted by atomic mass is 16.5. The molecule has 0 saturated carbocycles. The summed E-state index contributed by atoms with van der Waals surface area (Å²) in [5, 5.41) is 4.20. The molecule has 1 aromatic carbocycles. The van der Waals surface area contributed by atoms with Gasteiger partial charge in [0.1, 0.15) is 11.3 Å². The molecule has 0 aliphatic carbocycles. The van der Waals surface area contributed by atoms with E-state index in [1.54, 1.807) is 6.20 Å². The highest BCUT2D eigenvalue weighted by Gasteiger charge is 2.12. The van der Waals surface area contributed by atoms with Gasteiger partial charge in [0.15, 0.2) is 0 Å². The predicted octanol–water partition coefficient (Wildman–Crippen LogP) is 2.30. The number of nitrogens with zero attached hydrogens (tertiary/aromatic N) is 4. The Hall–Kier alpha value is -2.50. The summed E-state index contributed by atoms with van der Waals surface area (Å²) in [4.78, 5) is 4.45. The molecule has 0 saturated heterocycles. The van der Waals surface area contributed by atoms with Crippen LogP contribution in [0.3, 0.4) is 0 Å². The topological polar surface area (TPSA) is 70.9 Å². The Balaban J connectivity index is 1.89. The van der Waals surface area contributed by atoms with Crippen molar-refractivity contribution in [2.75, 3.05) is 12.3 Å². The highest BCUT2D eigenvalue weighted by Crippen LogP contribution is 2.27. The van der Waals surface area contributed by atoms with Gasteiger partial charge in [-0.15, -0.1) is 0 Å². The van der Waals surface area contributed by atoms with E-state index in [0.717, 1.165) is 36.3 Å². The Bertz CT molecular complexity index is 717. The van der Waals surface area contributed by atoms with Gasteiger partial charge in [-0.3, -0.25) is 4.68 Å². The predicted molar refractivity (Wildman–Crippen MR) is 82.2 cm³/mol. The average Bonchev–Trinajstić information content (AvgIpc) is 3.10. The van der Waals surface area contributed by atoms with Crippen LogP contribution in [0.4, 0.5) is 5.95 Å². The lowest BCUT2D eigenvalue weighted by molar-refractivity contribution is 0.320. The first-order valence-electron chi connectivity index (χ1n) is 7.14. The van der Waals surface area contributed by atoms with Crippen LogP contribution in [0.15, 0.2) is 36.7 Å². The molecule has 0 fully saturated rings. The van der Waals surface area contributed by atoms with Crippen molar-refractivity contribution >= 4 is 17.0 Å². The van der Waals surface area contributed by atoms with Crippen LogP contribution in [-0.4, -0.2) is 25.9 Å². The maximum atomic E-state index is 6.06. The molecule has 0 amide bonds. The molecule has 3 aromatic rings. The van der Waals surface area contributed by atoms with E-state index in [1.165, 1.54) is 0 Å². The van der Waals surface area contributed by atoms with Crippen molar-refractivity contribution in [3.8, 4) is 5.75 Å². The van der Waals surface area contributed by atoms with E-state index >= 15 is 0 Å². The van der Waals surface area contributed by atoms with Crippen molar-refractivity contribution in [1.29, 1.82) is 0 Å². The van der Waals surface area contributed by atoms with Crippen molar-refractivity contribution < 1.29 is 4.74 Å². The van der Waals surface area contributed by atoms with Gasteiger partial charge in [0.2, 0.25) is 5.95 Å². The molecule has 6 nitrogen and oxygen atoms in total. The van der Waals surface area contributed by atoms with Crippen molar-refractivity contribution in [3.63, 3.8) is 0 Å². The zero-order valence-electron chi connectivity index (χ0n) is 12.1. The number of nitrogen functional groups attached to an aromatic ring is 1. The first-order valence-corrected chi connectivity index (χ1v) is 7.14. The Labute approximate surface area is 123 Å². The molecule has 21 heavy (non-hydrogen) atoms. The number of para-hydroxylation sites is 1. The minimum atomic E-state index is 0.504. The number of fused-ring (bicyclic) bond motifs is 1. The fourth-order valence-electron chi connectivity index (χ4n) is 2.34. The van der Waals surface area contributed by atoms with Crippen molar-refractivity contribution in [2.24, 2.45) is 0 Å². The molecule has 0 radical (unpaired) electrons. The zero-order valence-corrected chi connectivity index (χ0v) is 12.1. The monoisotopic (exact) mass is 285 g/mol. The Morgan fingerprint density at radius 2 is 2.14 bits per heavy atom. The SMILES string of the molecule is CCCOc1cccc2c1nc(N)n2CCn1cccn1. The van der Waals surface area contributed by atoms with Crippen LogP contribution in [0.25, 0.3) is 11.0 Å². The zero-order chi connectivity index (χ0) is 14.7. The van der Waals surface area contributed by atoms with E-state index in [0.29, 0.717) is 12.6 Å². The molecule has 0 atom stereocenters. The van der Waals surface area contributed by atoms with Crippen LogP contribution in [-0.2, 0) is 13.1 Å². The van der Waals surface area contributed by atoms with Gasteiger partial charge in [0.25, 0.3) is 0 Å². The van der Waals surface area contributed by atoms with Gasteiger partial charge in [-0.05, 0) is 24.6 Å². The van der Waals surface area contributed by atoms with Gasteiger partial charge in [0, 0.05) is 18.9 Å². The van der Waals surface area contributed by atoms with Crippen LogP contribution in [0.5, 0.6) is 5.75 Å². The summed E-state index contributed by atoms with van der Waals surface area (Å²) in [6.45, 7) is 4.24. The molecule has 0 bridgehead atoms. The minimum Gasteiger partial charge on any atom is -0.491 e. The molecule has 0 unspecified atom stereocenters. The molecule has 110 valence electrons. The average molecular weight is 285 g/mol. The normalized spacial score (nSPS) is 11.1. The number of benzene rings is 1. The number of rotatable bonds is 6. The number of hydrogen-bond acceptors (Lipinski definition) is 4. The van der Waals surface area contributed by atoms with Crippen molar-refractivity contribution in [1.82, 2.24) is 19.3 Å².